The fourth-order valence-electron chi connectivity index (χ4n) is 2.04. The first kappa shape index (κ1) is 14.5. The highest BCUT2D eigenvalue weighted by Gasteiger charge is 2.30. The molecule has 1 amide bonds. The minimum atomic E-state index is -1.07. The molecule has 3 rings (SSSR count). The first-order valence-corrected chi connectivity index (χ1v) is 7.38. The molecular weight excluding hydrogens is 308 g/mol. The lowest BCUT2D eigenvalue weighted by atomic mass is 10.2. The van der Waals surface area contributed by atoms with Crippen LogP contribution in [0.1, 0.15) is 10.5 Å². The minimum absolute atomic E-state index is 0.0200. The van der Waals surface area contributed by atoms with Gasteiger partial charge in [0.05, 0.1) is 19.3 Å². The van der Waals surface area contributed by atoms with Crippen LogP contribution in [-0.2, 0) is 9.53 Å². The molecule has 2 aromatic heterocycles. The van der Waals surface area contributed by atoms with Gasteiger partial charge in [0, 0.05) is 24.3 Å². The molecule has 0 aromatic carbocycles. The van der Waals surface area contributed by atoms with Gasteiger partial charge in [-0.3, -0.25) is 14.8 Å². The van der Waals surface area contributed by atoms with Crippen molar-refractivity contribution in [3.05, 3.63) is 29.7 Å². The van der Waals surface area contributed by atoms with Crippen LogP contribution in [0.5, 0.6) is 0 Å². The summed E-state index contributed by atoms with van der Waals surface area (Å²) in [6, 6.07) is 0. The molecule has 1 N–H and O–H groups in total. The number of morpholine rings is 1. The van der Waals surface area contributed by atoms with Crippen molar-refractivity contribution in [2.45, 2.75) is 6.10 Å². The topological polar surface area (TPSA) is 106 Å². The molecule has 0 bridgehead atoms. The lowest BCUT2D eigenvalue weighted by molar-refractivity contribution is -0.154. The number of carbonyl (C=O) groups is 2. The molecule has 3 heterocycles. The van der Waals surface area contributed by atoms with Gasteiger partial charge in [-0.25, -0.2) is 9.78 Å². The van der Waals surface area contributed by atoms with Gasteiger partial charge >= 0.3 is 5.97 Å². The highest BCUT2D eigenvalue weighted by Crippen LogP contribution is 2.22. The van der Waals surface area contributed by atoms with Crippen LogP contribution in [0, 0.1) is 0 Å². The molecule has 9 heteroatoms. The average Bonchev–Trinajstić information content (AvgIpc) is 3.05. The fourth-order valence-corrected chi connectivity index (χ4v) is 2.80. The molecule has 1 aliphatic rings. The standard InChI is InChI=1S/C13H12N4O4S/c18-12(17-3-4-21-10(6-17)13(19)20)9-7-22-11(16-9)8-5-14-1-2-15-8/h1-2,5,7,10H,3-4,6H2,(H,19,20). The van der Waals surface area contributed by atoms with Crippen LogP contribution in [0.15, 0.2) is 24.0 Å². The summed E-state index contributed by atoms with van der Waals surface area (Å²) in [5.41, 5.74) is 0.869. The lowest BCUT2D eigenvalue weighted by Gasteiger charge is -2.30. The van der Waals surface area contributed by atoms with E-state index in [0.717, 1.165) is 0 Å². The lowest BCUT2D eigenvalue weighted by Crippen LogP contribution is -2.48. The Hall–Kier alpha value is -2.39. The number of thiazole rings is 1. The first-order valence-electron chi connectivity index (χ1n) is 6.51. The maximum Gasteiger partial charge on any atom is 0.334 e. The van der Waals surface area contributed by atoms with Crippen molar-refractivity contribution in [2.24, 2.45) is 0 Å². The molecule has 1 unspecified atom stereocenters. The summed E-state index contributed by atoms with van der Waals surface area (Å²) in [7, 11) is 0. The van der Waals surface area contributed by atoms with Crippen LogP contribution in [0.3, 0.4) is 0 Å². The van der Waals surface area contributed by atoms with Crippen molar-refractivity contribution in [3.63, 3.8) is 0 Å². The molecule has 0 radical (unpaired) electrons. The van der Waals surface area contributed by atoms with Crippen LogP contribution < -0.4 is 0 Å². The monoisotopic (exact) mass is 320 g/mol. The number of rotatable bonds is 3. The average molecular weight is 320 g/mol. The minimum Gasteiger partial charge on any atom is -0.479 e. The van der Waals surface area contributed by atoms with E-state index in [1.165, 1.54) is 16.2 Å². The van der Waals surface area contributed by atoms with E-state index in [1.54, 1.807) is 24.0 Å². The smallest absolute Gasteiger partial charge is 0.334 e. The summed E-state index contributed by atoms with van der Waals surface area (Å²) < 4.78 is 5.10. The molecule has 0 saturated carbocycles. The van der Waals surface area contributed by atoms with Gasteiger partial charge < -0.3 is 14.7 Å². The van der Waals surface area contributed by atoms with Crippen LogP contribution >= 0.6 is 11.3 Å². The zero-order valence-electron chi connectivity index (χ0n) is 11.4. The van der Waals surface area contributed by atoms with Crippen LogP contribution in [0.2, 0.25) is 0 Å². The van der Waals surface area contributed by atoms with Crippen LogP contribution in [0.25, 0.3) is 10.7 Å². The summed E-state index contributed by atoms with van der Waals surface area (Å²) in [5.74, 6) is -1.38. The van der Waals surface area contributed by atoms with Crippen molar-refractivity contribution in [3.8, 4) is 10.7 Å². The van der Waals surface area contributed by atoms with Gasteiger partial charge in [-0.05, 0) is 0 Å². The Morgan fingerprint density at radius 2 is 2.27 bits per heavy atom. The molecule has 1 saturated heterocycles. The summed E-state index contributed by atoms with van der Waals surface area (Å²) in [6.07, 6.45) is 3.69. The number of hydrogen-bond acceptors (Lipinski definition) is 7. The maximum atomic E-state index is 12.4. The van der Waals surface area contributed by atoms with E-state index in [9.17, 15) is 9.59 Å². The molecule has 0 spiro atoms. The second-order valence-corrected chi connectivity index (χ2v) is 5.44. The third-order valence-electron chi connectivity index (χ3n) is 3.13. The predicted octanol–water partition coefficient (Wildman–Crippen LogP) is 0.526. The molecule has 2 aromatic rings. The van der Waals surface area contributed by atoms with Gasteiger partial charge in [0.25, 0.3) is 5.91 Å². The summed E-state index contributed by atoms with van der Waals surface area (Å²) in [4.78, 5) is 37.2. The quantitative estimate of drug-likeness (QED) is 0.879. The molecule has 114 valence electrons. The predicted molar refractivity (Wildman–Crippen MR) is 76.4 cm³/mol. The Kier molecular flexibility index (Phi) is 4.07. The van der Waals surface area contributed by atoms with Crippen LogP contribution in [0.4, 0.5) is 0 Å². The molecule has 1 fully saturated rings. The maximum absolute atomic E-state index is 12.4. The van der Waals surface area contributed by atoms with Gasteiger partial charge in [-0.15, -0.1) is 11.3 Å². The molecule has 1 aliphatic heterocycles. The van der Waals surface area contributed by atoms with E-state index >= 15 is 0 Å². The number of aliphatic carboxylic acids is 1. The number of nitrogens with zero attached hydrogens (tertiary/aromatic N) is 4. The number of carboxylic acid groups (broad SMARTS) is 1. The normalized spacial score (nSPS) is 18.2. The van der Waals surface area contributed by atoms with E-state index in [2.05, 4.69) is 15.0 Å². The van der Waals surface area contributed by atoms with Gasteiger partial charge in [-0.2, -0.15) is 0 Å². The molecule has 1 atom stereocenters. The Morgan fingerprint density at radius 3 is 3.00 bits per heavy atom. The van der Waals surface area contributed by atoms with Gasteiger partial charge in [0.1, 0.15) is 16.4 Å². The summed E-state index contributed by atoms with van der Waals surface area (Å²) in [6.45, 7) is 0.566. The number of carbonyl (C=O) groups excluding carboxylic acids is 1. The number of aromatic nitrogens is 3. The van der Waals surface area contributed by atoms with Gasteiger partial charge in [0.2, 0.25) is 0 Å². The van der Waals surface area contributed by atoms with E-state index < -0.39 is 12.1 Å². The number of hydrogen-bond donors (Lipinski definition) is 1. The molecule has 8 nitrogen and oxygen atoms in total. The van der Waals surface area contributed by atoms with Crippen molar-refractivity contribution < 1.29 is 19.4 Å². The van der Waals surface area contributed by atoms with E-state index in [0.29, 0.717) is 17.2 Å². The Labute approximate surface area is 129 Å². The number of amides is 1. The highest BCUT2D eigenvalue weighted by atomic mass is 32.1. The van der Waals surface area contributed by atoms with Gasteiger partial charge in [-0.1, -0.05) is 0 Å². The second kappa shape index (κ2) is 6.16. The Balaban J connectivity index is 1.76. The third kappa shape index (κ3) is 2.95. The summed E-state index contributed by atoms with van der Waals surface area (Å²) in [5, 5.41) is 11.2. The third-order valence-corrected chi connectivity index (χ3v) is 4.00. The zero-order valence-corrected chi connectivity index (χ0v) is 12.2. The molecule has 22 heavy (non-hydrogen) atoms. The fraction of sp³-hybridized carbons (Fsp3) is 0.308. The summed E-state index contributed by atoms with van der Waals surface area (Å²) >= 11 is 1.29. The number of ether oxygens (including phenoxy) is 1. The van der Waals surface area contributed by atoms with Gasteiger partial charge in [0.15, 0.2) is 6.10 Å². The van der Waals surface area contributed by atoms with Crippen molar-refractivity contribution >= 4 is 23.2 Å². The highest BCUT2D eigenvalue weighted by molar-refractivity contribution is 7.13. The largest absolute Gasteiger partial charge is 0.479 e. The second-order valence-electron chi connectivity index (χ2n) is 4.58. The Bertz CT molecular complexity index is 690. The van der Waals surface area contributed by atoms with Crippen molar-refractivity contribution in [1.82, 2.24) is 19.9 Å². The Morgan fingerprint density at radius 1 is 1.41 bits per heavy atom. The zero-order chi connectivity index (χ0) is 15.5. The van der Waals surface area contributed by atoms with Crippen molar-refractivity contribution in [2.75, 3.05) is 19.7 Å². The van der Waals surface area contributed by atoms with E-state index in [1.807, 2.05) is 0 Å². The van der Waals surface area contributed by atoms with E-state index in [4.69, 9.17) is 9.84 Å². The van der Waals surface area contributed by atoms with Crippen LogP contribution in [-0.4, -0.2) is 62.6 Å². The SMILES string of the molecule is O=C(O)C1CN(C(=O)c2csc(-c3cnccn3)n2)CCO1. The van der Waals surface area contributed by atoms with E-state index in [-0.39, 0.29) is 24.8 Å². The van der Waals surface area contributed by atoms with Crippen molar-refractivity contribution in [1.29, 1.82) is 0 Å². The number of carboxylic acids is 1. The molecule has 0 aliphatic carbocycles. The molecular formula is C13H12N4O4S. The first-order chi connectivity index (χ1) is 10.6.